The lowest BCUT2D eigenvalue weighted by molar-refractivity contribution is -0.792. The number of ether oxygens (including phenoxy) is 5. The van der Waals surface area contributed by atoms with Crippen molar-refractivity contribution in [3.05, 3.63) is 34.9 Å². The molecule has 0 aromatic carbocycles. The molecule has 6 N–H and O–H groups in total. The molecule has 1 aliphatic carbocycles. The van der Waals surface area contributed by atoms with Gasteiger partial charge in [-0.05, 0) is 256 Å². The molecule has 26 nitrogen and oxygen atoms in total. The molecule has 3 fully saturated rings. The minimum atomic E-state index is -2.51. The van der Waals surface area contributed by atoms with E-state index in [0.717, 1.165) is 17.6 Å². The number of fused-ring (bicyclic) bond motifs is 3. The lowest BCUT2D eigenvalue weighted by Gasteiger charge is -2.47. The van der Waals surface area contributed by atoms with Gasteiger partial charge in [0.2, 0.25) is 5.79 Å². The van der Waals surface area contributed by atoms with Crippen LogP contribution in [0.5, 0.6) is 0 Å². The van der Waals surface area contributed by atoms with Crippen molar-refractivity contribution in [1.29, 1.82) is 0 Å². The number of ketones is 2. The Morgan fingerprint density at radius 2 is 0.992 bits per heavy atom. The average Bonchev–Trinajstić information content (AvgIpc) is 0.801. The molecule has 4 rings (SSSR count). The first-order valence-corrected chi connectivity index (χ1v) is 36.2. The normalized spacial score (nSPS) is 22.6. The SMILES string of the molecule is C#CC#CC#CC#CC#CC#CC#CC#CC#CC#CC#CC#CC#CC#CC#CC#CC#CC#CC#CC#CC#CC#CC#CC.CC/C(C)=C/C[C@@H]1/C=C(\C)C[C@H](C)C[C@H](OC)[C@H]2O[C@@](O)(C(=O)C(=O)N3CCCC[C@H]3C(=O)O[C@H](/C(C)=C/[C@@H]3CC[C@@H](O)[C@H](OC)C3)[C@H](C)[C@@H](O)CC1=O)[C@H](C)C[C@@H]2OC.OOOOOONOOOOOO.[HH].[HH].[HH].[HH].[HH].[HH].[HH].[HH].[HH].[HH].[HH].[HH].[HH].[HH].[HH].[HH].[HH].[HH].[HH].[HH].[HH].[HH].[HH].[HH].[HH].[HH].[HH].[HH].[HH].[HH].[HH].[HH].[HH].[HH].[HH]. The fourth-order valence-corrected chi connectivity index (χ4v) is 11.2. The Morgan fingerprint density at radius 3 is 1.40 bits per heavy atom. The number of piperidine rings is 1. The molecule has 14 atom stereocenters. The van der Waals surface area contributed by atoms with Gasteiger partial charge in [-0.3, -0.25) is 14.4 Å². The summed E-state index contributed by atoms with van der Waals surface area (Å²) in [5.74, 6) is 104. The topological polar surface area (TPSA) is 323 Å². The lowest BCUT2D eigenvalue weighted by Crippen LogP contribution is -2.64. The zero-order valence-electron chi connectivity index (χ0n) is 67.4. The number of aliphatic hydroxyl groups excluding tert-OH is 2. The van der Waals surface area contributed by atoms with E-state index in [-0.39, 0.29) is 99.5 Å². The summed E-state index contributed by atoms with van der Waals surface area (Å²) in [6, 6.07) is -1.14. The molecule has 1 saturated carbocycles. The van der Waals surface area contributed by atoms with E-state index < -0.39 is 83.9 Å². The molecule has 682 valence electrons. The van der Waals surface area contributed by atoms with Crippen LogP contribution in [0.4, 0.5) is 0 Å². The second-order valence-corrected chi connectivity index (χ2v) is 25.0. The summed E-state index contributed by atoms with van der Waals surface area (Å²) < 4.78 is 29.9. The van der Waals surface area contributed by atoms with Crippen LogP contribution in [-0.2, 0) is 93.1 Å². The maximum atomic E-state index is 14.4. The van der Waals surface area contributed by atoms with Crippen LogP contribution >= 0.6 is 0 Å². The van der Waals surface area contributed by atoms with Crippen LogP contribution < -0.4 is 5.64 Å². The van der Waals surface area contributed by atoms with Crippen LogP contribution in [0.2, 0.25) is 0 Å². The largest absolute Gasteiger partial charge is 0.456 e. The molecular formula is C94H152N2O24. The number of amides is 1. The quantitative estimate of drug-likeness (QED) is 0.0141. The summed E-state index contributed by atoms with van der Waals surface area (Å²) in [5, 5.41) is 75.3. The molecule has 0 spiro atoms. The van der Waals surface area contributed by atoms with Crippen molar-refractivity contribution in [3.63, 3.8) is 0 Å². The lowest BCUT2D eigenvalue weighted by atomic mass is 9.81. The standard InChI is InChI=1S/C47H75NO12.C47H4.H3NO12.35H2/c1-11-27(2)15-17-34-21-28(3)20-29(4)22-40(57-9)43-41(58-10)24-31(6)47(55,60-43)44(52)45(53)48-19-13-12-14-35(48)46(54)59-42(32(7)37(50)26-38(34)51)30(5)23-33-16-18-36(49)39(25-33)56-8;1-3-5-7-9-11-13-15-17-19-21-23-25-27-29-31-33-35-37-39-41-43-45-47-46-44-42-40-38-36-34-32-30-28-26-24-22-20-18-16-14-12-10-8-6-4-2;2-6-10-12-8-4-1-5-9-13-11-7-3;;;;;;;;;;;;;;;;;;;;;;;;;;;;;;;;;;;/h15,21,23,29,31-37,39-43,49-50,55H,11-14,16-20,22,24-26H2,1-10H3;1H,2H3;1-3H;35*1H/b27-15+,28-21+,30-23+;;;;;;;;;;;;;;;;;;;;;;;;;;;;;;;;;;;;;/t29-,31+,32+,33-,34+,35-,36+,37-,39+,40-,41-,42+,43+,47+;;;;;;;;;;;;;;;;;;;;;;;;;;;;;;;;;;;;;/m0...................................../s1. The first-order chi connectivity index (χ1) is 58.2. The molecule has 0 radical (unpaired) electrons. The number of methoxy groups -OCH3 is 3. The van der Waals surface area contributed by atoms with Crippen molar-refractivity contribution in [1.82, 2.24) is 10.5 Å². The van der Waals surface area contributed by atoms with Gasteiger partial charge in [-0.2, -0.15) is 0 Å². The minimum absolute atomic E-state index is 0. The number of cyclic esters (lactones) is 1. The van der Waals surface area contributed by atoms with Gasteiger partial charge in [-0.15, -0.1) is 6.42 Å². The highest BCUT2D eigenvalue weighted by Crippen LogP contribution is 2.39. The zero-order valence-corrected chi connectivity index (χ0v) is 67.4. The van der Waals surface area contributed by atoms with E-state index >= 15 is 0 Å². The van der Waals surface area contributed by atoms with Crippen LogP contribution in [-0.4, -0.2) is 137 Å². The monoisotopic (exact) mass is 1690 g/mol. The molecule has 2 saturated heterocycles. The van der Waals surface area contributed by atoms with Crippen LogP contribution in [0, 0.1) is 302 Å². The molecule has 0 aromatic rings. The molecule has 4 aliphatic rings. The van der Waals surface area contributed by atoms with Gasteiger partial charge in [-0.1, -0.05) is 73.0 Å². The van der Waals surface area contributed by atoms with E-state index in [2.05, 4.69) is 337 Å². The van der Waals surface area contributed by atoms with Gasteiger partial charge in [0.25, 0.3) is 11.7 Å². The average molecular weight is 1690 g/mol. The Kier molecular flexibility index (Phi) is 56.2. The maximum Gasteiger partial charge on any atom is 0.329 e. The number of hydrogen-bond acceptors (Lipinski definition) is 25. The van der Waals surface area contributed by atoms with Gasteiger partial charge in [-0.25, -0.2) is 15.3 Å². The zero-order chi connectivity index (χ0) is 88.1. The second-order valence-electron chi connectivity index (χ2n) is 25.0. The van der Waals surface area contributed by atoms with E-state index in [9.17, 15) is 34.5 Å². The molecule has 1 amide bonds. The number of aliphatic hydroxyl groups is 3. The minimum Gasteiger partial charge on any atom is -0.456 e. The fourth-order valence-electron chi connectivity index (χ4n) is 11.2. The smallest absolute Gasteiger partial charge is 0.329 e. The number of esters is 1. The van der Waals surface area contributed by atoms with Gasteiger partial charge < -0.3 is 43.9 Å². The molecule has 3 aliphatic heterocycles. The summed E-state index contributed by atoms with van der Waals surface area (Å²) in [6.45, 7) is 15.1. The molecule has 2 bridgehead atoms. The van der Waals surface area contributed by atoms with E-state index in [1.807, 2.05) is 32.9 Å². The van der Waals surface area contributed by atoms with Crippen molar-refractivity contribution < 1.29 is 169 Å². The number of Topliss-reactive ketones (excluding diaryl/α,β-unsaturated/α-hetero) is 2. The summed E-state index contributed by atoms with van der Waals surface area (Å²) in [4.78, 5) is 65.7. The summed E-state index contributed by atoms with van der Waals surface area (Å²) >= 11 is 0. The Hall–Kier alpha value is -13.4. The fraction of sp³-hybridized carbons (Fsp3) is 0.404. The number of nitrogens with one attached hydrogen (secondary N) is 1. The van der Waals surface area contributed by atoms with Crippen molar-refractivity contribution in [2.24, 2.45) is 29.6 Å². The summed E-state index contributed by atoms with van der Waals surface area (Å²) in [5.41, 5.74) is 4.18. The molecule has 26 heteroatoms. The van der Waals surface area contributed by atoms with E-state index in [0.29, 0.717) is 56.9 Å². The Morgan fingerprint density at radius 1 is 0.567 bits per heavy atom. The number of terminal acetylenes is 1. The number of rotatable bonds is 18. The van der Waals surface area contributed by atoms with Gasteiger partial charge in [0.15, 0.2) is 0 Å². The molecule has 120 heavy (non-hydrogen) atoms. The van der Waals surface area contributed by atoms with E-state index in [1.54, 1.807) is 27.9 Å². The predicted molar refractivity (Wildman–Crippen MR) is 505 cm³/mol. The van der Waals surface area contributed by atoms with Gasteiger partial charge in [0.05, 0.1) is 30.5 Å². The van der Waals surface area contributed by atoms with Crippen molar-refractivity contribution in [3.8, 4) is 273 Å². The summed E-state index contributed by atoms with van der Waals surface area (Å²) in [7, 11) is 4.64. The van der Waals surface area contributed by atoms with Crippen molar-refractivity contribution in [2.75, 3.05) is 27.9 Å². The number of hydrogen-bond donors (Lipinski definition) is 6. The third-order valence-electron chi connectivity index (χ3n) is 16.9. The number of allylic oxidation sites excluding steroid dienone is 5. The van der Waals surface area contributed by atoms with E-state index in [4.69, 9.17) is 40.6 Å². The highest BCUT2D eigenvalue weighted by molar-refractivity contribution is 6.39. The number of carbonyl (C=O) groups is 4. The second kappa shape index (κ2) is 65.7. The molecule has 0 aromatic heterocycles. The Balaban J connectivity index is -0.0000000444. The van der Waals surface area contributed by atoms with Crippen LogP contribution in [0.3, 0.4) is 0 Å². The van der Waals surface area contributed by atoms with Crippen molar-refractivity contribution >= 4 is 23.4 Å². The predicted octanol–water partition coefficient (Wildman–Crippen LogP) is 14.0. The van der Waals surface area contributed by atoms with E-state index in [1.165, 1.54) is 24.8 Å². The summed E-state index contributed by atoms with van der Waals surface area (Å²) in [6.07, 6.45) is 11.4. The van der Waals surface area contributed by atoms with Crippen LogP contribution in [0.25, 0.3) is 0 Å². The Labute approximate surface area is 753 Å². The first-order valence-electron chi connectivity index (χ1n) is 36.2. The van der Waals surface area contributed by atoms with Crippen LogP contribution in [0.15, 0.2) is 34.9 Å². The van der Waals surface area contributed by atoms with Gasteiger partial charge >= 0.3 is 5.97 Å². The Bertz CT molecular complexity index is 5350. The van der Waals surface area contributed by atoms with Gasteiger partial charge in [0, 0.05) is 268 Å². The number of nitrogens with zero attached hydrogens (tertiary/aromatic N) is 1. The molecule has 0 unspecified atom stereocenters. The highest BCUT2D eigenvalue weighted by atomic mass is 17.9. The highest BCUT2D eigenvalue weighted by Gasteiger charge is 2.57. The molecule has 3 heterocycles. The molecular weight excluding hydrogens is 1540 g/mol. The van der Waals surface area contributed by atoms with Crippen molar-refractivity contribution in [2.45, 2.75) is 187 Å². The third-order valence-corrected chi connectivity index (χ3v) is 16.9. The third kappa shape index (κ3) is 44.6. The first kappa shape index (κ1) is 103. The van der Waals surface area contributed by atoms with Gasteiger partial charge in [0.1, 0.15) is 24.0 Å². The maximum absolute atomic E-state index is 14.4. The number of carbonyl (C=O) groups excluding carboxylic acids is 4. The van der Waals surface area contributed by atoms with Crippen LogP contribution in [0.1, 0.15) is 182 Å².